The van der Waals surface area contributed by atoms with Crippen molar-refractivity contribution >= 4 is 50.9 Å². The summed E-state index contributed by atoms with van der Waals surface area (Å²) in [5.41, 5.74) is 4.21. The normalized spacial score (nSPS) is 23.7. The maximum atomic E-state index is 17.2. The van der Waals surface area contributed by atoms with Crippen LogP contribution in [0, 0.1) is 35.9 Å². The van der Waals surface area contributed by atoms with Gasteiger partial charge in [0, 0.05) is 77.4 Å². The quantitative estimate of drug-likeness (QED) is 0.153. The molecule has 6 heterocycles. The molecule has 5 aliphatic rings. The number of aryl methyl sites for hydroxylation is 2. The molecular formula is C39H36Cl2F3N7O2. The summed E-state index contributed by atoms with van der Waals surface area (Å²) in [5, 5.41) is 19.0. The lowest BCUT2D eigenvalue weighted by atomic mass is 9.79. The Morgan fingerprint density at radius 2 is 2.00 bits per heavy atom. The number of ether oxygens (including phenoxy) is 1. The molecule has 274 valence electrons. The second-order valence-electron chi connectivity index (χ2n) is 14.8. The number of hydrogen-bond donors (Lipinski definition) is 1. The van der Waals surface area contributed by atoms with Crippen LogP contribution in [0.1, 0.15) is 73.4 Å². The minimum atomic E-state index is -2.79. The maximum absolute atomic E-state index is 17.2. The molecule has 53 heavy (non-hydrogen) atoms. The van der Waals surface area contributed by atoms with Crippen LogP contribution >= 0.6 is 23.2 Å². The van der Waals surface area contributed by atoms with Crippen molar-refractivity contribution in [1.82, 2.24) is 29.5 Å². The molecule has 2 aliphatic carbocycles. The Hall–Kier alpha value is -4.15. The van der Waals surface area contributed by atoms with Gasteiger partial charge >= 0.3 is 6.55 Å². The number of hydrogen-bond acceptors (Lipinski definition) is 6. The molecule has 0 spiro atoms. The highest BCUT2D eigenvalue weighted by atomic mass is 35.5. The van der Waals surface area contributed by atoms with Crippen LogP contribution < -0.4 is 5.32 Å². The van der Waals surface area contributed by atoms with Crippen molar-refractivity contribution in [2.45, 2.75) is 82.8 Å². The molecule has 1 amide bonds. The van der Waals surface area contributed by atoms with E-state index in [1.165, 1.54) is 12.3 Å². The van der Waals surface area contributed by atoms with Gasteiger partial charge < -0.3 is 19.5 Å². The summed E-state index contributed by atoms with van der Waals surface area (Å²) in [6.45, 7) is 0.206. The summed E-state index contributed by atoms with van der Waals surface area (Å²) in [7, 11) is 0. The van der Waals surface area contributed by atoms with Crippen LogP contribution in [-0.4, -0.2) is 55.4 Å². The topological polar surface area (TPSA) is 101 Å². The van der Waals surface area contributed by atoms with E-state index in [4.69, 9.17) is 32.9 Å². The standard InChI is InChI=1S/C39H36Cl2F3N7O2/c1-19-26-15-31(30-14-24(17-49(30)38(52)20-7-8-20)53-18-23-9-11-47-51(23)39(43)44)50(36-22-13-29(36)46-16-22)37(26)27-12-21(4-3-10-45)32(34(42)35(27)48-19)25-5-2-6-28(40)33(25)41/h2,5-6,9,11-12,15,20,22,24,29-30,36,39,46H,3-4,7-8,13-14,16-18H2,1H3/t22-,24+,29-,30-,36+/m1/s1. The van der Waals surface area contributed by atoms with E-state index in [9.17, 15) is 18.8 Å². The number of fused-ring (bicyclic) bond motifs is 4. The highest BCUT2D eigenvalue weighted by Crippen LogP contribution is 2.51. The number of carbonyl (C=O) groups is 1. The van der Waals surface area contributed by atoms with Crippen LogP contribution in [0.2, 0.25) is 10.0 Å². The predicted octanol–water partition coefficient (Wildman–Crippen LogP) is 8.46. The van der Waals surface area contributed by atoms with Gasteiger partial charge in [0.2, 0.25) is 5.91 Å². The molecule has 3 saturated heterocycles. The SMILES string of the molecule is Cc1nc2c(F)c(-c3cccc(Cl)c3Cl)c(CCC#N)cc2c2c1cc([C@H]1C[C@H](OCc3ccnn3C(F)F)CN1C(=O)C1CC1)n2[C@H]1[C@H]2CN[C@@H]1C2. The van der Waals surface area contributed by atoms with Gasteiger partial charge in [-0.3, -0.25) is 4.79 Å². The molecule has 3 aliphatic heterocycles. The van der Waals surface area contributed by atoms with Crippen LogP contribution in [0.15, 0.2) is 42.6 Å². The van der Waals surface area contributed by atoms with Crippen LogP contribution in [0.4, 0.5) is 13.2 Å². The summed E-state index contributed by atoms with van der Waals surface area (Å²) in [6, 6.07) is 12.8. The Kier molecular flexibility index (Phi) is 8.69. The third kappa shape index (κ3) is 5.70. The van der Waals surface area contributed by atoms with Crippen molar-refractivity contribution in [1.29, 1.82) is 5.26 Å². The first kappa shape index (κ1) is 34.6. The van der Waals surface area contributed by atoms with Crippen LogP contribution in [0.3, 0.4) is 0 Å². The van der Waals surface area contributed by atoms with Gasteiger partial charge in [-0.15, -0.1) is 0 Å². The van der Waals surface area contributed by atoms with Gasteiger partial charge in [0.15, 0.2) is 5.82 Å². The first-order valence-electron chi connectivity index (χ1n) is 18.1. The Morgan fingerprint density at radius 3 is 2.72 bits per heavy atom. The summed E-state index contributed by atoms with van der Waals surface area (Å²) in [5.74, 6) is -0.163. The van der Waals surface area contributed by atoms with Crippen molar-refractivity contribution in [3.63, 3.8) is 0 Å². The Labute approximate surface area is 313 Å². The van der Waals surface area contributed by atoms with E-state index in [2.05, 4.69) is 27.1 Å². The molecule has 5 aromatic rings. The van der Waals surface area contributed by atoms with E-state index in [0.29, 0.717) is 50.8 Å². The largest absolute Gasteiger partial charge is 0.370 e. The van der Waals surface area contributed by atoms with E-state index in [1.807, 2.05) is 17.9 Å². The lowest BCUT2D eigenvalue weighted by Crippen LogP contribution is -2.41. The van der Waals surface area contributed by atoms with Gasteiger partial charge in [0.1, 0.15) is 5.52 Å². The maximum Gasteiger partial charge on any atom is 0.333 e. The summed E-state index contributed by atoms with van der Waals surface area (Å²) in [6.07, 6.45) is 4.53. The number of nitriles is 1. The second-order valence-corrected chi connectivity index (χ2v) is 15.6. The summed E-state index contributed by atoms with van der Waals surface area (Å²) < 4.78 is 53.5. The number of amides is 1. The van der Waals surface area contributed by atoms with Crippen LogP contribution in [0.25, 0.3) is 32.9 Å². The molecule has 5 atom stereocenters. The minimum Gasteiger partial charge on any atom is -0.370 e. The number of rotatable bonds is 10. The number of alkyl halides is 2. The number of likely N-dealkylation sites (tertiary alicyclic amines) is 1. The molecule has 5 fully saturated rings. The monoisotopic (exact) mass is 761 g/mol. The zero-order valence-corrected chi connectivity index (χ0v) is 30.3. The van der Waals surface area contributed by atoms with Crippen LogP contribution in [0.5, 0.6) is 0 Å². The minimum absolute atomic E-state index is 0.0475. The highest BCUT2D eigenvalue weighted by Gasteiger charge is 2.51. The van der Waals surface area contributed by atoms with Gasteiger partial charge in [0.25, 0.3) is 0 Å². The molecule has 2 saturated carbocycles. The van der Waals surface area contributed by atoms with Crippen molar-refractivity contribution in [3.05, 3.63) is 81.1 Å². The summed E-state index contributed by atoms with van der Waals surface area (Å²) >= 11 is 13.1. The van der Waals surface area contributed by atoms with Gasteiger partial charge in [-0.1, -0.05) is 35.3 Å². The zero-order chi connectivity index (χ0) is 36.7. The predicted molar refractivity (Wildman–Crippen MR) is 194 cm³/mol. The zero-order valence-electron chi connectivity index (χ0n) is 28.8. The fourth-order valence-corrected chi connectivity index (χ4v) is 9.34. The molecule has 0 radical (unpaired) electrons. The van der Waals surface area contributed by atoms with Gasteiger partial charge in [-0.05, 0) is 68.4 Å². The molecule has 1 N–H and O–H groups in total. The molecule has 10 rings (SSSR count). The molecule has 0 unspecified atom stereocenters. The Balaban J connectivity index is 1.22. The first-order valence-corrected chi connectivity index (χ1v) is 18.8. The molecule has 3 aromatic heterocycles. The number of nitrogens with one attached hydrogen (secondary N) is 1. The molecule has 2 aromatic carbocycles. The van der Waals surface area contributed by atoms with E-state index in [0.717, 1.165) is 42.4 Å². The third-order valence-corrected chi connectivity index (χ3v) is 12.5. The van der Waals surface area contributed by atoms with Crippen molar-refractivity contribution in [2.75, 3.05) is 13.1 Å². The van der Waals surface area contributed by atoms with Crippen molar-refractivity contribution in [2.24, 2.45) is 11.8 Å². The lowest BCUT2D eigenvalue weighted by Gasteiger charge is -2.39. The fraction of sp³-hybridized carbons (Fsp3) is 0.436. The molecular weight excluding hydrogens is 726 g/mol. The first-order chi connectivity index (χ1) is 25.6. The van der Waals surface area contributed by atoms with E-state index < -0.39 is 18.5 Å². The fourth-order valence-electron chi connectivity index (χ4n) is 8.94. The number of aromatic nitrogens is 4. The summed E-state index contributed by atoms with van der Waals surface area (Å²) in [4.78, 5) is 20.7. The number of nitrogens with zero attached hydrogens (tertiary/aromatic N) is 6. The Bertz CT molecular complexity index is 2320. The number of benzene rings is 2. The average Bonchev–Trinajstić information content (AvgIpc) is 3.62. The van der Waals surface area contributed by atoms with Gasteiger partial charge in [0.05, 0.1) is 52.1 Å². The smallest absolute Gasteiger partial charge is 0.333 e. The van der Waals surface area contributed by atoms with E-state index >= 15 is 4.39 Å². The molecule has 14 heteroatoms. The molecule has 9 nitrogen and oxygen atoms in total. The average molecular weight is 763 g/mol. The number of pyridine rings is 1. The highest BCUT2D eigenvalue weighted by molar-refractivity contribution is 6.43. The van der Waals surface area contributed by atoms with Crippen LogP contribution in [-0.2, 0) is 22.6 Å². The second kappa shape index (κ2) is 13.3. The van der Waals surface area contributed by atoms with Gasteiger partial charge in [-0.2, -0.15) is 19.1 Å². The van der Waals surface area contributed by atoms with E-state index in [1.54, 1.807) is 18.2 Å². The van der Waals surface area contributed by atoms with E-state index in [-0.39, 0.29) is 71.2 Å². The van der Waals surface area contributed by atoms with Crippen molar-refractivity contribution in [3.8, 4) is 17.2 Å². The number of carbonyl (C=O) groups excluding carboxylic acids is 1. The third-order valence-electron chi connectivity index (χ3n) is 11.7. The number of halogens is 5. The van der Waals surface area contributed by atoms with Crippen molar-refractivity contribution < 1.29 is 22.7 Å². The lowest BCUT2D eigenvalue weighted by molar-refractivity contribution is -0.134. The Morgan fingerprint density at radius 1 is 1.17 bits per heavy atom. The van der Waals surface area contributed by atoms with Gasteiger partial charge in [-0.25, -0.2) is 14.1 Å². The molecule has 2 bridgehead atoms.